The van der Waals surface area contributed by atoms with Crippen molar-refractivity contribution in [1.82, 2.24) is 10.6 Å². The lowest BCUT2D eigenvalue weighted by molar-refractivity contribution is -0.122. The predicted octanol–water partition coefficient (Wildman–Crippen LogP) is 2.53. The third kappa shape index (κ3) is 6.34. The van der Waals surface area contributed by atoms with Crippen LogP contribution in [0, 0.1) is 12.7 Å². The van der Waals surface area contributed by atoms with Crippen LogP contribution in [0.1, 0.15) is 38.3 Å². The van der Waals surface area contributed by atoms with Gasteiger partial charge in [-0.2, -0.15) is 0 Å². The molecule has 3 nitrogen and oxygen atoms in total. The van der Waals surface area contributed by atoms with E-state index in [1.165, 1.54) is 6.07 Å². The minimum absolute atomic E-state index is 0.0232. The molecule has 1 aromatic rings. The highest BCUT2D eigenvalue weighted by Gasteiger charge is 2.12. The fourth-order valence-electron chi connectivity index (χ4n) is 1.66. The minimum atomic E-state index is -0.197. The molecule has 0 saturated heterocycles. The molecule has 0 unspecified atom stereocenters. The van der Waals surface area contributed by atoms with Gasteiger partial charge in [0.25, 0.3) is 0 Å². The zero-order valence-corrected chi connectivity index (χ0v) is 12.1. The fraction of sp³-hybridized carbons (Fsp3) is 0.533. The molecule has 0 aliphatic heterocycles. The Labute approximate surface area is 114 Å². The minimum Gasteiger partial charge on any atom is -0.351 e. The molecule has 106 valence electrons. The Morgan fingerprint density at radius 1 is 1.32 bits per heavy atom. The van der Waals surface area contributed by atoms with E-state index in [0.29, 0.717) is 25.1 Å². The van der Waals surface area contributed by atoms with E-state index in [1.807, 2.05) is 26.8 Å². The highest BCUT2D eigenvalue weighted by atomic mass is 19.1. The van der Waals surface area contributed by atoms with Crippen LogP contribution in [0.4, 0.5) is 4.39 Å². The van der Waals surface area contributed by atoms with Crippen LogP contribution >= 0.6 is 0 Å². The number of hydrogen-bond acceptors (Lipinski definition) is 2. The van der Waals surface area contributed by atoms with Crippen LogP contribution < -0.4 is 10.6 Å². The Balaban J connectivity index is 2.27. The second kappa shape index (κ2) is 6.66. The molecule has 0 aliphatic carbocycles. The van der Waals surface area contributed by atoms with Crippen LogP contribution in [0.25, 0.3) is 0 Å². The van der Waals surface area contributed by atoms with Crippen molar-refractivity contribution in [2.24, 2.45) is 0 Å². The van der Waals surface area contributed by atoms with Crippen molar-refractivity contribution in [1.29, 1.82) is 0 Å². The number of rotatable bonds is 5. The molecule has 1 rings (SSSR count). The van der Waals surface area contributed by atoms with Crippen LogP contribution in [0.3, 0.4) is 0 Å². The van der Waals surface area contributed by atoms with Gasteiger partial charge >= 0.3 is 0 Å². The lowest BCUT2D eigenvalue weighted by Crippen LogP contribution is -2.41. The maximum absolute atomic E-state index is 13.3. The normalized spacial score (nSPS) is 11.4. The van der Waals surface area contributed by atoms with E-state index in [2.05, 4.69) is 10.6 Å². The molecule has 0 fully saturated rings. The first-order valence-corrected chi connectivity index (χ1v) is 6.55. The average molecular weight is 266 g/mol. The van der Waals surface area contributed by atoms with Crippen molar-refractivity contribution >= 4 is 5.91 Å². The Hall–Kier alpha value is -1.42. The van der Waals surface area contributed by atoms with E-state index in [1.54, 1.807) is 13.0 Å². The summed E-state index contributed by atoms with van der Waals surface area (Å²) in [6, 6.07) is 5.18. The van der Waals surface area contributed by atoms with Crippen LogP contribution in [0.15, 0.2) is 18.2 Å². The van der Waals surface area contributed by atoms with Gasteiger partial charge in [0.1, 0.15) is 5.82 Å². The fourth-order valence-corrected chi connectivity index (χ4v) is 1.66. The number of nitrogens with one attached hydrogen (secondary N) is 2. The maximum Gasteiger partial charge on any atom is 0.221 e. The average Bonchev–Trinajstić information content (AvgIpc) is 2.27. The zero-order chi connectivity index (χ0) is 14.5. The molecule has 0 bridgehead atoms. The van der Waals surface area contributed by atoms with Gasteiger partial charge in [0, 0.05) is 25.0 Å². The van der Waals surface area contributed by atoms with Gasteiger partial charge in [0.15, 0.2) is 0 Å². The van der Waals surface area contributed by atoms with Crippen molar-refractivity contribution in [2.75, 3.05) is 6.54 Å². The van der Waals surface area contributed by atoms with Crippen molar-refractivity contribution < 1.29 is 9.18 Å². The Morgan fingerprint density at radius 2 is 2.00 bits per heavy atom. The van der Waals surface area contributed by atoms with Gasteiger partial charge in [0.05, 0.1) is 0 Å². The summed E-state index contributed by atoms with van der Waals surface area (Å²) >= 11 is 0. The van der Waals surface area contributed by atoms with E-state index in [4.69, 9.17) is 0 Å². The largest absolute Gasteiger partial charge is 0.351 e. The number of carbonyl (C=O) groups excluding carboxylic acids is 1. The Kier molecular flexibility index (Phi) is 5.48. The monoisotopic (exact) mass is 266 g/mol. The smallest absolute Gasteiger partial charge is 0.221 e. The van der Waals surface area contributed by atoms with E-state index in [0.717, 1.165) is 5.56 Å². The molecule has 0 radical (unpaired) electrons. The molecule has 0 heterocycles. The molecule has 1 aromatic carbocycles. The number of amides is 1. The zero-order valence-electron chi connectivity index (χ0n) is 12.1. The highest BCUT2D eigenvalue weighted by molar-refractivity contribution is 5.76. The van der Waals surface area contributed by atoms with Gasteiger partial charge in [-0.25, -0.2) is 4.39 Å². The second-order valence-corrected chi connectivity index (χ2v) is 5.81. The topological polar surface area (TPSA) is 41.1 Å². The maximum atomic E-state index is 13.3. The number of aryl methyl sites for hydroxylation is 1. The lowest BCUT2D eigenvalue weighted by Gasteiger charge is -2.20. The summed E-state index contributed by atoms with van der Waals surface area (Å²) in [5.41, 5.74) is 1.34. The molecule has 19 heavy (non-hydrogen) atoms. The molecular formula is C15H23FN2O. The first-order valence-electron chi connectivity index (χ1n) is 6.55. The number of benzene rings is 1. The van der Waals surface area contributed by atoms with Crippen molar-refractivity contribution in [2.45, 2.75) is 46.2 Å². The third-order valence-electron chi connectivity index (χ3n) is 2.61. The van der Waals surface area contributed by atoms with Crippen molar-refractivity contribution in [3.05, 3.63) is 35.1 Å². The van der Waals surface area contributed by atoms with E-state index in [-0.39, 0.29) is 17.3 Å². The molecule has 2 N–H and O–H groups in total. The Bertz CT molecular complexity index is 438. The summed E-state index contributed by atoms with van der Waals surface area (Å²) in [4.78, 5) is 11.6. The van der Waals surface area contributed by atoms with Crippen LogP contribution in [0.5, 0.6) is 0 Å². The van der Waals surface area contributed by atoms with Gasteiger partial charge < -0.3 is 10.6 Å². The summed E-state index contributed by atoms with van der Waals surface area (Å²) < 4.78 is 13.3. The summed E-state index contributed by atoms with van der Waals surface area (Å²) in [5.74, 6) is -0.167. The third-order valence-corrected chi connectivity index (χ3v) is 2.61. The van der Waals surface area contributed by atoms with E-state index >= 15 is 0 Å². The molecule has 4 heteroatoms. The molecule has 0 aliphatic rings. The summed E-state index contributed by atoms with van der Waals surface area (Å²) in [6.07, 6.45) is 0.422. The van der Waals surface area contributed by atoms with Gasteiger partial charge in [-0.1, -0.05) is 12.1 Å². The molecule has 0 spiro atoms. The van der Waals surface area contributed by atoms with Crippen molar-refractivity contribution in [3.63, 3.8) is 0 Å². The van der Waals surface area contributed by atoms with E-state index < -0.39 is 0 Å². The molecule has 0 saturated carbocycles. The summed E-state index contributed by atoms with van der Waals surface area (Å²) in [5, 5.41) is 6.03. The second-order valence-electron chi connectivity index (χ2n) is 5.81. The predicted molar refractivity (Wildman–Crippen MR) is 75.4 cm³/mol. The first kappa shape index (κ1) is 15.6. The molecule has 0 aromatic heterocycles. The van der Waals surface area contributed by atoms with Gasteiger partial charge in [0.2, 0.25) is 5.91 Å². The van der Waals surface area contributed by atoms with Crippen LogP contribution in [0.2, 0.25) is 0 Å². The molecular weight excluding hydrogens is 243 g/mol. The van der Waals surface area contributed by atoms with E-state index in [9.17, 15) is 9.18 Å². The number of hydrogen-bond donors (Lipinski definition) is 2. The standard InChI is InChI=1S/C15H23FN2O/c1-11-5-6-12(9-13(11)16)10-17-8-7-14(19)18-15(2,3)4/h5-6,9,17H,7-8,10H2,1-4H3,(H,18,19). The number of carbonyl (C=O) groups is 1. The Morgan fingerprint density at radius 3 is 2.58 bits per heavy atom. The lowest BCUT2D eigenvalue weighted by atomic mass is 10.1. The quantitative estimate of drug-likeness (QED) is 0.804. The molecule has 1 amide bonds. The SMILES string of the molecule is Cc1ccc(CNCCC(=O)NC(C)(C)C)cc1F. The number of halogens is 1. The van der Waals surface area contributed by atoms with Crippen molar-refractivity contribution in [3.8, 4) is 0 Å². The van der Waals surface area contributed by atoms with Gasteiger partial charge in [-0.3, -0.25) is 4.79 Å². The van der Waals surface area contributed by atoms with Gasteiger partial charge in [-0.15, -0.1) is 0 Å². The van der Waals surface area contributed by atoms with Crippen LogP contribution in [-0.2, 0) is 11.3 Å². The summed E-state index contributed by atoms with van der Waals surface area (Å²) in [7, 11) is 0. The van der Waals surface area contributed by atoms with Crippen LogP contribution in [-0.4, -0.2) is 18.0 Å². The highest BCUT2D eigenvalue weighted by Crippen LogP contribution is 2.08. The summed E-state index contributed by atoms with van der Waals surface area (Å²) in [6.45, 7) is 8.75. The molecule has 0 atom stereocenters. The first-order chi connectivity index (χ1) is 8.78. The van der Waals surface area contributed by atoms with Gasteiger partial charge in [-0.05, 0) is 44.9 Å².